The highest BCUT2D eigenvalue weighted by Gasteiger charge is 2.44. The molecule has 4 aliphatic rings. The van der Waals surface area contributed by atoms with Crippen molar-refractivity contribution in [3.05, 3.63) is 83.1 Å². The number of para-hydroxylation sites is 2. The highest BCUT2D eigenvalue weighted by molar-refractivity contribution is 6.01. The molecule has 0 bridgehead atoms. The molecular weight excluding hydrogens is 458 g/mol. The van der Waals surface area contributed by atoms with Crippen molar-refractivity contribution in [2.75, 3.05) is 16.8 Å². The second kappa shape index (κ2) is 9.51. The first-order valence-corrected chi connectivity index (χ1v) is 13.8. The molecule has 0 saturated heterocycles. The number of allylic oxidation sites excluding steroid dienone is 3. The molecular formula is C32H37N3O2. The molecule has 0 saturated carbocycles. The maximum atomic E-state index is 13.8. The summed E-state index contributed by atoms with van der Waals surface area (Å²) in [6.07, 6.45) is 10.6. The van der Waals surface area contributed by atoms with Gasteiger partial charge in [0.25, 0.3) is 0 Å². The van der Waals surface area contributed by atoms with E-state index in [-0.39, 0.29) is 41.7 Å². The predicted octanol–water partition coefficient (Wildman–Crippen LogP) is 5.57. The molecule has 1 aliphatic heterocycles. The second-order valence-electron chi connectivity index (χ2n) is 12.0. The molecule has 2 aromatic carbocycles. The van der Waals surface area contributed by atoms with E-state index < -0.39 is 0 Å². The van der Waals surface area contributed by atoms with Gasteiger partial charge >= 0.3 is 0 Å². The number of carbonyl (C=O) groups is 2. The molecule has 5 heteroatoms. The average Bonchev–Trinajstić information content (AvgIpc) is 3.21. The molecule has 0 fully saturated rings. The van der Waals surface area contributed by atoms with Crippen LogP contribution in [-0.2, 0) is 22.4 Å². The monoisotopic (exact) mass is 495 g/mol. The summed E-state index contributed by atoms with van der Waals surface area (Å²) in [5.74, 6) is 0.538. The third kappa shape index (κ3) is 4.72. The van der Waals surface area contributed by atoms with Gasteiger partial charge in [0.05, 0.1) is 24.0 Å². The molecule has 3 aliphatic carbocycles. The standard InChI is InChI=1S/C32H37N3O2/c1-32(2)18-26-30(28(36)19-32)31(21-10-4-3-5-11-21)35(27-15-9-8-14-25(27)34-26)20-29(37)33-24-16-22-12-6-7-13-23(22)17-24/h3-4,6-9,12-15,21,24,31,34H,5,10-11,16-20H2,1-2H3,(H,33,37). The Kier molecular flexibility index (Phi) is 6.18. The fraction of sp³-hybridized carbons (Fsp3) is 0.438. The fourth-order valence-electron chi connectivity index (χ4n) is 6.95. The lowest BCUT2D eigenvalue weighted by molar-refractivity contribution is -0.121. The maximum absolute atomic E-state index is 13.8. The number of benzene rings is 2. The van der Waals surface area contributed by atoms with E-state index in [0.717, 1.165) is 61.2 Å². The van der Waals surface area contributed by atoms with Crippen molar-refractivity contribution >= 4 is 23.1 Å². The predicted molar refractivity (Wildman–Crippen MR) is 149 cm³/mol. The molecule has 2 aromatic rings. The van der Waals surface area contributed by atoms with Crippen LogP contribution in [0.5, 0.6) is 0 Å². The summed E-state index contributed by atoms with van der Waals surface area (Å²) in [5, 5.41) is 7.00. The number of carbonyl (C=O) groups excluding carboxylic acids is 2. The van der Waals surface area contributed by atoms with Crippen molar-refractivity contribution in [2.45, 2.75) is 70.9 Å². The van der Waals surface area contributed by atoms with Gasteiger partial charge in [0, 0.05) is 23.7 Å². The Hall–Kier alpha value is -3.34. The summed E-state index contributed by atoms with van der Waals surface area (Å²) >= 11 is 0. The normalized spacial score (nSPS) is 24.6. The fourth-order valence-corrected chi connectivity index (χ4v) is 6.95. The Morgan fingerprint density at radius 3 is 2.49 bits per heavy atom. The average molecular weight is 496 g/mol. The number of ketones is 1. The summed E-state index contributed by atoms with van der Waals surface area (Å²) in [5.41, 5.74) is 6.50. The highest BCUT2D eigenvalue weighted by Crippen LogP contribution is 2.46. The molecule has 192 valence electrons. The zero-order valence-electron chi connectivity index (χ0n) is 21.9. The van der Waals surface area contributed by atoms with Crippen molar-refractivity contribution in [3.8, 4) is 0 Å². The van der Waals surface area contributed by atoms with E-state index in [4.69, 9.17) is 0 Å². The van der Waals surface area contributed by atoms with Crippen LogP contribution in [0.15, 0.2) is 72.0 Å². The molecule has 0 aromatic heterocycles. The van der Waals surface area contributed by atoms with Crippen molar-refractivity contribution < 1.29 is 9.59 Å². The molecule has 1 amide bonds. The van der Waals surface area contributed by atoms with Gasteiger partial charge in [-0.05, 0) is 73.1 Å². The van der Waals surface area contributed by atoms with Gasteiger partial charge in [-0.1, -0.05) is 62.4 Å². The molecule has 2 N–H and O–H groups in total. The number of nitrogens with one attached hydrogen (secondary N) is 2. The minimum absolute atomic E-state index is 0.0246. The van der Waals surface area contributed by atoms with Gasteiger partial charge in [0.2, 0.25) is 5.91 Å². The van der Waals surface area contributed by atoms with E-state index >= 15 is 0 Å². The topological polar surface area (TPSA) is 61.4 Å². The highest BCUT2D eigenvalue weighted by atomic mass is 16.2. The number of anilines is 2. The van der Waals surface area contributed by atoms with Crippen LogP contribution in [0.3, 0.4) is 0 Å². The van der Waals surface area contributed by atoms with Gasteiger partial charge in [-0.3, -0.25) is 9.59 Å². The maximum Gasteiger partial charge on any atom is 0.239 e. The van der Waals surface area contributed by atoms with Gasteiger partial charge < -0.3 is 15.5 Å². The first-order chi connectivity index (χ1) is 17.9. The number of fused-ring (bicyclic) bond motifs is 2. The van der Waals surface area contributed by atoms with Crippen molar-refractivity contribution in [2.24, 2.45) is 11.3 Å². The van der Waals surface area contributed by atoms with E-state index in [9.17, 15) is 9.59 Å². The minimum atomic E-state index is -0.119. The molecule has 2 atom stereocenters. The van der Waals surface area contributed by atoms with Gasteiger partial charge in [-0.15, -0.1) is 0 Å². The van der Waals surface area contributed by atoms with Crippen molar-refractivity contribution in [3.63, 3.8) is 0 Å². The summed E-state index contributed by atoms with van der Waals surface area (Å²) in [7, 11) is 0. The lowest BCUT2D eigenvalue weighted by atomic mass is 9.71. The first-order valence-electron chi connectivity index (χ1n) is 13.8. The van der Waals surface area contributed by atoms with Crippen LogP contribution in [0.1, 0.15) is 57.1 Å². The molecule has 0 spiro atoms. The number of hydrogen-bond acceptors (Lipinski definition) is 4. The SMILES string of the molecule is CC1(C)CC(=O)C2=C(C1)Nc1ccccc1N(CC(=O)NC1Cc3ccccc3C1)C2C1CC=CCC1. The molecule has 37 heavy (non-hydrogen) atoms. The van der Waals surface area contributed by atoms with E-state index in [0.29, 0.717) is 6.42 Å². The number of hydrogen-bond donors (Lipinski definition) is 2. The van der Waals surface area contributed by atoms with E-state index in [1.54, 1.807) is 0 Å². The molecule has 6 rings (SSSR count). The largest absolute Gasteiger partial charge is 0.357 e. The Morgan fingerprint density at radius 2 is 1.76 bits per heavy atom. The Morgan fingerprint density at radius 1 is 1.03 bits per heavy atom. The van der Waals surface area contributed by atoms with E-state index in [1.165, 1.54) is 11.1 Å². The number of Topliss-reactive ketones (excluding diaryl/α,β-unsaturated/α-hetero) is 1. The third-order valence-corrected chi connectivity index (χ3v) is 8.54. The Bertz CT molecular complexity index is 1270. The van der Waals surface area contributed by atoms with E-state index in [2.05, 4.69) is 77.9 Å². The lowest BCUT2D eigenvalue weighted by Crippen LogP contribution is -2.51. The van der Waals surface area contributed by atoms with Crippen LogP contribution in [0.25, 0.3) is 0 Å². The van der Waals surface area contributed by atoms with Gasteiger partial charge in [0.15, 0.2) is 5.78 Å². The molecule has 5 nitrogen and oxygen atoms in total. The van der Waals surface area contributed by atoms with E-state index in [1.807, 2.05) is 12.1 Å². The number of rotatable bonds is 4. The lowest BCUT2D eigenvalue weighted by Gasteiger charge is -2.42. The Labute approximate surface area is 220 Å². The van der Waals surface area contributed by atoms with Crippen LogP contribution < -0.4 is 15.5 Å². The second-order valence-corrected chi connectivity index (χ2v) is 12.0. The molecule has 2 unspecified atom stereocenters. The minimum Gasteiger partial charge on any atom is -0.357 e. The van der Waals surface area contributed by atoms with Crippen LogP contribution >= 0.6 is 0 Å². The molecule has 0 radical (unpaired) electrons. The summed E-state index contributed by atoms with van der Waals surface area (Å²) in [6, 6.07) is 16.7. The van der Waals surface area contributed by atoms with Gasteiger partial charge in [-0.25, -0.2) is 0 Å². The zero-order chi connectivity index (χ0) is 25.6. The Balaban J connectivity index is 1.35. The van der Waals surface area contributed by atoms with Crippen LogP contribution in [-0.4, -0.2) is 30.3 Å². The smallest absolute Gasteiger partial charge is 0.239 e. The summed E-state index contributed by atoms with van der Waals surface area (Å²) in [4.78, 5) is 29.7. The van der Waals surface area contributed by atoms with Crippen LogP contribution in [0.2, 0.25) is 0 Å². The summed E-state index contributed by atoms with van der Waals surface area (Å²) in [6.45, 7) is 4.59. The van der Waals surface area contributed by atoms with Gasteiger partial charge in [0.1, 0.15) is 0 Å². The summed E-state index contributed by atoms with van der Waals surface area (Å²) < 4.78 is 0. The van der Waals surface area contributed by atoms with Gasteiger partial charge in [-0.2, -0.15) is 0 Å². The third-order valence-electron chi connectivity index (χ3n) is 8.54. The number of nitrogens with zero attached hydrogens (tertiary/aromatic N) is 1. The van der Waals surface area contributed by atoms with Crippen LogP contribution in [0, 0.1) is 11.3 Å². The van der Waals surface area contributed by atoms with Crippen molar-refractivity contribution in [1.29, 1.82) is 0 Å². The number of amides is 1. The first kappa shape index (κ1) is 24.0. The van der Waals surface area contributed by atoms with Crippen molar-refractivity contribution in [1.82, 2.24) is 5.32 Å². The zero-order valence-corrected chi connectivity index (χ0v) is 21.9. The quantitative estimate of drug-likeness (QED) is 0.545. The van der Waals surface area contributed by atoms with Crippen LogP contribution in [0.4, 0.5) is 11.4 Å². The molecule has 1 heterocycles.